The van der Waals surface area contributed by atoms with Crippen molar-refractivity contribution < 1.29 is 14.3 Å². The third-order valence-electron chi connectivity index (χ3n) is 7.03. The van der Waals surface area contributed by atoms with Crippen LogP contribution in [-0.2, 0) is 16.1 Å². The zero-order valence-electron chi connectivity index (χ0n) is 21.1. The molecule has 2 heterocycles. The van der Waals surface area contributed by atoms with Crippen LogP contribution in [0.3, 0.4) is 0 Å². The number of hydrogen-bond acceptors (Lipinski definition) is 4. The Morgan fingerprint density at radius 2 is 1.69 bits per heavy atom. The number of rotatable bonds is 8. The van der Waals surface area contributed by atoms with Crippen molar-refractivity contribution >= 4 is 11.8 Å². The maximum Gasteiger partial charge on any atom is 0.246 e. The number of hydrogen-bond donors (Lipinski definition) is 1. The Morgan fingerprint density at radius 1 is 1.03 bits per heavy atom. The van der Waals surface area contributed by atoms with Gasteiger partial charge in [-0.2, -0.15) is 0 Å². The molecule has 2 aromatic rings. The van der Waals surface area contributed by atoms with E-state index in [0.717, 1.165) is 31.1 Å². The number of amides is 2. The summed E-state index contributed by atoms with van der Waals surface area (Å²) in [6.07, 6.45) is 5.89. The van der Waals surface area contributed by atoms with Crippen LogP contribution in [0.15, 0.2) is 66.7 Å². The van der Waals surface area contributed by atoms with E-state index in [4.69, 9.17) is 4.74 Å². The van der Waals surface area contributed by atoms with Crippen LogP contribution in [0.25, 0.3) is 0 Å². The molecule has 1 atom stereocenters. The Labute approximate surface area is 208 Å². The number of para-hydroxylation sites is 1. The Kier molecular flexibility index (Phi) is 7.91. The Balaban J connectivity index is 1.39. The lowest BCUT2D eigenvalue weighted by Gasteiger charge is -2.51. The van der Waals surface area contributed by atoms with Crippen LogP contribution >= 0.6 is 0 Å². The zero-order chi connectivity index (χ0) is 24.8. The van der Waals surface area contributed by atoms with Gasteiger partial charge in [-0.05, 0) is 61.9 Å². The second-order valence-electron chi connectivity index (χ2n) is 10.0. The van der Waals surface area contributed by atoms with Gasteiger partial charge in [0.05, 0.1) is 0 Å². The molecule has 4 rings (SSSR count). The van der Waals surface area contributed by atoms with Crippen LogP contribution in [-0.4, -0.2) is 52.8 Å². The highest BCUT2D eigenvalue weighted by molar-refractivity contribution is 6.00. The molecular weight excluding hydrogens is 438 g/mol. The summed E-state index contributed by atoms with van der Waals surface area (Å²) in [5.74, 6) is 2.03. The average Bonchev–Trinajstić information content (AvgIpc) is 2.85. The SMILES string of the molecule is C/C=C/CN1C(=O)C(CC(C)C)NC(=O)C12CCN(Cc1ccc(Oc3ccccc3)cc1)CC2. The van der Waals surface area contributed by atoms with Crippen molar-refractivity contribution in [2.75, 3.05) is 19.6 Å². The minimum atomic E-state index is -0.756. The number of nitrogens with zero attached hydrogens (tertiary/aromatic N) is 2. The van der Waals surface area contributed by atoms with Crippen molar-refractivity contribution in [1.29, 1.82) is 0 Å². The number of piperazine rings is 1. The van der Waals surface area contributed by atoms with Crippen LogP contribution in [0.5, 0.6) is 11.5 Å². The second kappa shape index (κ2) is 11.1. The van der Waals surface area contributed by atoms with Crippen molar-refractivity contribution in [3.05, 3.63) is 72.3 Å². The summed E-state index contributed by atoms with van der Waals surface area (Å²) in [5, 5.41) is 3.07. The van der Waals surface area contributed by atoms with Gasteiger partial charge in [-0.15, -0.1) is 0 Å². The van der Waals surface area contributed by atoms with E-state index < -0.39 is 11.6 Å². The van der Waals surface area contributed by atoms with E-state index in [-0.39, 0.29) is 11.8 Å². The number of nitrogens with one attached hydrogen (secondary N) is 1. The summed E-state index contributed by atoms with van der Waals surface area (Å²) < 4.78 is 5.90. The summed E-state index contributed by atoms with van der Waals surface area (Å²) in [7, 11) is 0. The molecule has 0 aliphatic carbocycles. The van der Waals surface area contributed by atoms with Gasteiger partial charge in [0.25, 0.3) is 0 Å². The molecule has 1 unspecified atom stereocenters. The number of piperidine rings is 1. The van der Waals surface area contributed by atoms with Gasteiger partial charge < -0.3 is 15.0 Å². The van der Waals surface area contributed by atoms with Gasteiger partial charge in [-0.1, -0.05) is 56.3 Å². The molecule has 1 spiro atoms. The molecule has 2 aromatic carbocycles. The molecule has 0 aromatic heterocycles. The van der Waals surface area contributed by atoms with Gasteiger partial charge in [0, 0.05) is 26.2 Å². The van der Waals surface area contributed by atoms with Crippen molar-refractivity contribution in [3.63, 3.8) is 0 Å². The van der Waals surface area contributed by atoms with E-state index in [1.807, 2.05) is 66.4 Å². The molecule has 0 saturated carbocycles. The molecule has 6 nitrogen and oxygen atoms in total. The fourth-order valence-electron chi connectivity index (χ4n) is 5.11. The van der Waals surface area contributed by atoms with Crippen molar-refractivity contribution in [1.82, 2.24) is 15.1 Å². The number of allylic oxidation sites excluding steroid dienone is 1. The number of ether oxygens (including phenoxy) is 1. The number of carbonyl (C=O) groups excluding carboxylic acids is 2. The molecule has 2 saturated heterocycles. The van der Waals surface area contributed by atoms with Crippen molar-refractivity contribution in [2.45, 2.75) is 58.2 Å². The van der Waals surface area contributed by atoms with Gasteiger partial charge in [-0.25, -0.2) is 0 Å². The largest absolute Gasteiger partial charge is 0.457 e. The van der Waals surface area contributed by atoms with Crippen LogP contribution in [0.2, 0.25) is 0 Å². The predicted octanol–water partition coefficient (Wildman–Crippen LogP) is 4.76. The molecule has 186 valence electrons. The quantitative estimate of drug-likeness (QED) is 0.559. The first-order valence-corrected chi connectivity index (χ1v) is 12.7. The van der Waals surface area contributed by atoms with Crippen LogP contribution in [0.1, 0.15) is 45.6 Å². The van der Waals surface area contributed by atoms with E-state index in [0.29, 0.717) is 31.7 Å². The third kappa shape index (κ3) is 5.76. The lowest BCUT2D eigenvalue weighted by Crippen LogP contribution is -2.72. The third-order valence-corrected chi connectivity index (χ3v) is 7.03. The minimum absolute atomic E-state index is 0.00863. The summed E-state index contributed by atoms with van der Waals surface area (Å²) in [5.41, 5.74) is 0.446. The van der Waals surface area contributed by atoms with E-state index in [9.17, 15) is 9.59 Å². The lowest BCUT2D eigenvalue weighted by molar-refractivity contribution is -0.160. The number of carbonyl (C=O) groups is 2. The molecule has 2 fully saturated rings. The fourth-order valence-corrected chi connectivity index (χ4v) is 5.11. The van der Waals surface area contributed by atoms with Gasteiger partial charge >= 0.3 is 0 Å². The average molecular weight is 476 g/mol. The first kappa shape index (κ1) is 25.0. The molecule has 0 bridgehead atoms. The van der Waals surface area contributed by atoms with Crippen LogP contribution in [0, 0.1) is 5.92 Å². The summed E-state index contributed by atoms with van der Waals surface area (Å²) >= 11 is 0. The highest BCUT2D eigenvalue weighted by atomic mass is 16.5. The van der Waals surface area contributed by atoms with Gasteiger partial charge in [-0.3, -0.25) is 14.5 Å². The molecule has 0 radical (unpaired) electrons. The molecule has 6 heteroatoms. The minimum Gasteiger partial charge on any atom is -0.457 e. The highest BCUT2D eigenvalue weighted by Gasteiger charge is 2.53. The van der Waals surface area contributed by atoms with Crippen LogP contribution in [0.4, 0.5) is 0 Å². The van der Waals surface area contributed by atoms with Gasteiger partial charge in [0.2, 0.25) is 11.8 Å². The van der Waals surface area contributed by atoms with Crippen molar-refractivity contribution in [2.24, 2.45) is 5.92 Å². The first-order chi connectivity index (χ1) is 16.9. The fraction of sp³-hybridized carbons (Fsp3) is 0.448. The summed E-state index contributed by atoms with van der Waals surface area (Å²) in [6, 6.07) is 17.5. The number of benzene rings is 2. The smallest absolute Gasteiger partial charge is 0.246 e. The standard InChI is InChI=1S/C29H37N3O3/c1-4-5-17-32-27(33)26(20-22(2)3)30-28(34)29(32)15-18-31(19-16-29)21-23-11-13-25(14-12-23)35-24-9-7-6-8-10-24/h4-14,22,26H,15-21H2,1-3H3,(H,30,34)/b5-4+. The van der Waals surface area contributed by atoms with Crippen LogP contribution < -0.4 is 10.1 Å². The van der Waals surface area contributed by atoms with Gasteiger partial charge in [0.15, 0.2) is 0 Å². The first-order valence-electron chi connectivity index (χ1n) is 12.7. The Morgan fingerprint density at radius 3 is 2.31 bits per heavy atom. The molecule has 2 aliphatic rings. The second-order valence-corrected chi connectivity index (χ2v) is 10.0. The van der Waals surface area contributed by atoms with Gasteiger partial charge in [0.1, 0.15) is 23.1 Å². The summed E-state index contributed by atoms with van der Waals surface area (Å²) in [6.45, 7) is 8.94. The monoisotopic (exact) mass is 475 g/mol. The molecular formula is C29H37N3O3. The summed E-state index contributed by atoms with van der Waals surface area (Å²) in [4.78, 5) is 31.0. The van der Waals surface area contributed by atoms with E-state index in [1.54, 1.807) is 0 Å². The Bertz CT molecular complexity index is 1020. The maximum atomic E-state index is 13.4. The molecule has 2 amide bonds. The molecule has 2 aliphatic heterocycles. The van der Waals surface area contributed by atoms with Crippen molar-refractivity contribution in [3.8, 4) is 11.5 Å². The van der Waals surface area contributed by atoms with E-state index in [1.165, 1.54) is 5.56 Å². The highest BCUT2D eigenvalue weighted by Crippen LogP contribution is 2.34. The molecule has 1 N–H and O–H groups in total. The molecule has 35 heavy (non-hydrogen) atoms. The zero-order valence-corrected chi connectivity index (χ0v) is 21.1. The normalized spacial score (nSPS) is 20.6. The number of likely N-dealkylation sites (tertiary alicyclic amines) is 1. The topological polar surface area (TPSA) is 61.9 Å². The predicted molar refractivity (Wildman–Crippen MR) is 138 cm³/mol. The van der Waals surface area contributed by atoms with E-state index in [2.05, 4.69) is 36.2 Å². The lowest BCUT2D eigenvalue weighted by atomic mass is 9.81. The van der Waals surface area contributed by atoms with E-state index >= 15 is 0 Å². The Hall–Kier alpha value is -3.12. The maximum absolute atomic E-state index is 13.4.